The Kier molecular flexibility index (Phi) is 4.85. The van der Waals surface area contributed by atoms with Gasteiger partial charge in [0.25, 0.3) is 0 Å². The normalized spacial score (nSPS) is 15.8. The molecule has 0 saturated heterocycles. The molecule has 0 aromatic heterocycles. The van der Waals surface area contributed by atoms with Crippen molar-refractivity contribution in [1.29, 1.82) is 0 Å². The summed E-state index contributed by atoms with van der Waals surface area (Å²) >= 11 is 0. The fraction of sp³-hybridized carbons (Fsp3) is 0.875. The second-order valence-corrected chi connectivity index (χ2v) is 3.13. The van der Waals surface area contributed by atoms with Crippen molar-refractivity contribution in [2.75, 3.05) is 7.11 Å². The maximum atomic E-state index is 11.2. The van der Waals surface area contributed by atoms with Crippen molar-refractivity contribution in [2.45, 2.75) is 39.0 Å². The standard InChI is InChI=1S/C8H18N2O2/c1-5(2)10-8(11)7(9)6(3)12-4/h5-7H,9H2,1-4H3,(H,10,11)/t6-,7+/m1/s1. The highest BCUT2D eigenvalue weighted by atomic mass is 16.5. The molecule has 0 spiro atoms. The molecule has 4 nitrogen and oxygen atoms in total. The largest absolute Gasteiger partial charge is 0.380 e. The molecule has 12 heavy (non-hydrogen) atoms. The van der Waals surface area contributed by atoms with E-state index in [1.54, 1.807) is 6.92 Å². The lowest BCUT2D eigenvalue weighted by molar-refractivity contribution is -0.125. The number of nitrogens with two attached hydrogens (primary N) is 1. The van der Waals surface area contributed by atoms with Gasteiger partial charge < -0.3 is 15.8 Å². The Morgan fingerprint density at radius 1 is 1.42 bits per heavy atom. The lowest BCUT2D eigenvalue weighted by Crippen LogP contribution is -2.49. The molecule has 0 fully saturated rings. The van der Waals surface area contributed by atoms with E-state index in [9.17, 15) is 4.79 Å². The molecule has 0 unspecified atom stereocenters. The highest BCUT2D eigenvalue weighted by molar-refractivity contribution is 5.82. The Hall–Kier alpha value is -0.610. The van der Waals surface area contributed by atoms with Gasteiger partial charge in [0.15, 0.2) is 0 Å². The van der Waals surface area contributed by atoms with E-state index in [2.05, 4.69) is 5.32 Å². The van der Waals surface area contributed by atoms with Gasteiger partial charge in [0.2, 0.25) is 5.91 Å². The van der Waals surface area contributed by atoms with E-state index in [1.807, 2.05) is 13.8 Å². The first-order valence-corrected chi connectivity index (χ1v) is 4.07. The molecular formula is C8H18N2O2. The number of methoxy groups -OCH3 is 1. The van der Waals surface area contributed by atoms with Gasteiger partial charge in [-0.25, -0.2) is 0 Å². The number of carbonyl (C=O) groups is 1. The lowest BCUT2D eigenvalue weighted by Gasteiger charge is -2.19. The lowest BCUT2D eigenvalue weighted by atomic mass is 10.2. The van der Waals surface area contributed by atoms with Crippen LogP contribution in [0.25, 0.3) is 0 Å². The number of carbonyl (C=O) groups excluding carboxylic acids is 1. The zero-order chi connectivity index (χ0) is 9.72. The SMILES string of the molecule is CO[C@H](C)[C@H](N)C(=O)NC(C)C. The number of nitrogens with one attached hydrogen (secondary N) is 1. The molecule has 3 N–H and O–H groups in total. The summed E-state index contributed by atoms with van der Waals surface area (Å²) in [4.78, 5) is 11.2. The maximum Gasteiger partial charge on any atom is 0.239 e. The Morgan fingerprint density at radius 2 is 1.92 bits per heavy atom. The third-order valence-corrected chi connectivity index (χ3v) is 1.61. The number of rotatable bonds is 4. The van der Waals surface area contributed by atoms with Crippen molar-refractivity contribution in [3.05, 3.63) is 0 Å². The van der Waals surface area contributed by atoms with Crippen LogP contribution < -0.4 is 11.1 Å². The Balaban J connectivity index is 3.92. The van der Waals surface area contributed by atoms with E-state index in [0.29, 0.717) is 0 Å². The molecule has 0 aromatic rings. The summed E-state index contributed by atoms with van der Waals surface area (Å²) in [5.41, 5.74) is 5.58. The van der Waals surface area contributed by atoms with Crippen molar-refractivity contribution in [3.63, 3.8) is 0 Å². The highest BCUT2D eigenvalue weighted by Gasteiger charge is 2.20. The number of hydrogen-bond donors (Lipinski definition) is 2. The number of ether oxygens (including phenoxy) is 1. The molecule has 1 amide bonds. The van der Waals surface area contributed by atoms with Crippen LogP contribution in [0.4, 0.5) is 0 Å². The monoisotopic (exact) mass is 174 g/mol. The molecule has 0 bridgehead atoms. The molecule has 0 saturated carbocycles. The topological polar surface area (TPSA) is 64.3 Å². The van der Waals surface area contributed by atoms with Crippen molar-refractivity contribution in [2.24, 2.45) is 5.73 Å². The molecule has 0 aliphatic heterocycles. The Bertz CT molecular complexity index is 148. The van der Waals surface area contributed by atoms with E-state index < -0.39 is 6.04 Å². The quantitative estimate of drug-likeness (QED) is 0.624. The second kappa shape index (κ2) is 5.11. The van der Waals surface area contributed by atoms with Gasteiger partial charge in [-0.05, 0) is 20.8 Å². The molecule has 0 aromatic carbocycles. The molecule has 72 valence electrons. The van der Waals surface area contributed by atoms with Gasteiger partial charge in [-0.2, -0.15) is 0 Å². The first-order valence-electron chi connectivity index (χ1n) is 4.07. The van der Waals surface area contributed by atoms with Crippen molar-refractivity contribution >= 4 is 5.91 Å². The number of hydrogen-bond acceptors (Lipinski definition) is 3. The van der Waals surface area contributed by atoms with Crippen LogP contribution in [0.15, 0.2) is 0 Å². The van der Waals surface area contributed by atoms with Crippen LogP contribution in [-0.2, 0) is 9.53 Å². The van der Waals surface area contributed by atoms with Crippen LogP contribution in [0.1, 0.15) is 20.8 Å². The molecule has 2 atom stereocenters. The van der Waals surface area contributed by atoms with E-state index >= 15 is 0 Å². The summed E-state index contributed by atoms with van der Waals surface area (Å²) in [6.07, 6.45) is -0.247. The number of amides is 1. The minimum Gasteiger partial charge on any atom is -0.380 e. The summed E-state index contributed by atoms with van der Waals surface area (Å²) in [5, 5.41) is 2.71. The van der Waals surface area contributed by atoms with Crippen LogP contribution in [0, 0.1) is 0 Å². The first-order chi connectivity index (χ1) is 5.49. The highest BCUT2D eigenvalue weighted by Crippen LogP contribution is 1.94. The zero-order valence-corrected chi connectivity index (χ0v) is 8.13. The van der Waals surface area contributed by atoms with Crippen LogP contribution in [0.2, 0.25) is 0 Å². The van der Waals surface area contributed by atoms with Crippen LogP contribution in [0.5, 0.6) is 0 Å². The zero-order valence-electron chi connectivity index (χ0n) is 8.13. The van der Waals surface area contributed by atoms with Gasteiger partial charge in [0.1, 0.15) is 6.04 Å². The molecular weight excluding hydrogens is 156 g/mol. The van der Waals surface area contributed by atoms with Gasteiger partial charge in [-0.15, -0.1) is 0 Å². The van der Waals surface area contributed by atoms with Crippen molar-refractivity contribution in [3.8, 4) is 0 Å². The predicted octanol–water partition coefficient (Wildman–Crippen LogP) is -0.127. The van der Waals surface area contributed by atoms with Gasteiger partial charge in [-0.1, -0.05) is 0 Å². The first kappa shape index (κ1) is 11.4. The third kappa shape index (κ3) is 3.69. The van der Waals surface area contributed by atoms with E-state index in [-0.39, 0.29) is 18.1 Å². The van der Waals surface area contributed by atoms with Gasteiger partial charge in [0.05, 0.1) is 6.10 Å². The molecule has 0 aliphatic carbocycles. The maximum absolute atomic E-state index is 11.2. The van der Waals surface area contributed by atoms with E-state index in [4.69, 9.17) is 10.5 Å². The van der Waals surface area contributed by atoms with Crippen LogP contribution in [0.3, 0.4) is 0 Å². The summed E-state index contributed by atoms with van der Waals surface area (Å²) in [6, 6.07) is -0.468. The van der Waals surface area contributed by atoms with Gasteiger partial charge in [0, 0.05) is 13.2 Å². The fourth-order valence-corrected chi connectivity index (χ4v) is 0.741. The predicted molar refractivity (Wildman–Crippen MR) is 47.7 cm³/mol. The van der Waals surface area contributed by atoms with Crippen LogP contribution >= 0.6 is 0 Å². The minimum absolute atomic E-state index is 0.118. The van der Waals surface area contributed by atoms with Crippen molar-refractivity contribution < 1.29 is 9.53 Å². The van der Waals surface area contributed by atoms with Gasteiger partial charge >= 0.3 is 0 Å². The Morgan fingerprint density at radius 3 is 2.25 bits per heavy atom. The average molecular weight is 174 g/mol. The second-order valence-electron chi connectivity index (χ2n) is 3.13. The smallest absolute Gasteiger partial charge is 0.239 e. The van der Waals surface area contributed by atoms with Crippen molar-refractivity contribution in [1.82, 2.24) is 5.32 Å². The Labute approximate surface area is 73.5 Å². The third-order valence-electron chi connectivity index (χ3n) is 1.61. The van der Waals surface area contributed by atoms with E-state index in [0.717, 1.165) is 0 Å². The van der Waals surface area contributed by atoms with E-state index in [1.165, 1.54) is 7.11 Å². The molecule has 4 heteroatoms. The summed E-state index contributed by atoms with van der Waals surface area (Å²) in [6.45, 7) is 5.55. The average Bonchev–Trinajstić information content (AvgIpc) is 2.00. The fourth-order valence-electron chi connectivity index (χ4n) is 0.741. The van der Waals surface area contributed by atoms with Gasteiger partial charge in [-0.3, -0.25) is 4.79 Å². The summed E-state index contributed by atoms with van der Waals surface area (Å²) in [7, 11) is 1.53. The summed E-state index contributed by atoms with van der Waals surface area (Å²) in [5.74, 6) is -0.167. The molecule has 0 heterocycles. The minimum atomic E-state index is -0.586. The molecule has 0 radical (unpaired) electrons. The molecule has 0 aliphatic rings. The van der Waals surface area contributed by atoms with Crippen LogP contribution in [-0.4, -0.2) is 31.2 Å². The summed E-state index contributed by atoms with van der Waals surface area (Å²) < 4.78 is 4.93. The molecule has 0 rings (SSSR count).